The summed E-state index contributed by atoms with van der Waals surface area (Å²) in [6.45, 7) is 4.49. The van der Waals surface area contributed by atoms with Crippen LogP contribution in [0.5, 0.6) is 0 Å². The lowest BCUT2D eigenvalue weighted by Gasteiger charge is -2.45. The summed E-state index contributed by atoms with van der Waals surface area (Å²) in [5.74, 6) is 0. The van der Waals surface area contributed by atoms with Gasteiger partial charge in [0.25, 0.3) is 0 Å². The van der Waals surface area contributed by atoms with Crippen molar-refractivity contribution in [3.63, 3.8) is 0 Å². The van der Waals surface area contributed by atoms with E-state index in [0.29, 0.717) is 0 Å². The number of benzene rings is 5. The number of anilines is 3. The number of fused-ring (bicyclic) bond motifs is 9. The number of nitrogens with zero attached hydrogens (tertiary/aromatic N) is 1. The van der Waals surface area contributed by atoms with Crippen molar-refractivity contribution in [2.45, 2.75) is 32.1 Å². The molecule has 1 nitrogen and oxygen atoms in total. The summed E-state index contributed by atoms with van der Waals surface area (Å²) in [6, 6.07) is 43.1. The average molecular weight is 464 g/mol. The van der Waals surface area contributed by atoms with E-state index >= 15 is 0 Å². The Bertz CT molecular complexity index is 1560. The Labute approximate surface area is 213 Å². The van der Waals surface area contributed by atoms with Crippen LogP contribution in [0.15, 0.2) is 115 Å². The molecule has 174 valence electrons. The quantitative estimate of drug-likeness (QED) is 0.252. The largest absolute Gasteiger partial charge is 0.310 e. The first-order valence-electron chi connectivity index (χ1n) is 13.0. The predicted octanol–water partition coefficient (Wildman–Crippen LogP) is 9.09. The summed E-state index contributed by atoms with van der Waals surface area (Å²) in [7, 11) is 0. The number of hydrogen-bond donors (Lipinski definition) is 0. The molecule has 1 aliphatic heterocycles. The van der Waals surface area contributed by atoms with E-state index in [9.17, 15) is 0 Å². The molecule has 36 heavy (non-hydrogen) atoms. The first-order chi connectivity index (χ1) is 17.7. The molecule has 0 saturated carbocycles. The van der Waals surface area contributed by atoms with Crippen molar-refractivity contribution >= 4 is 17.1 Å². The predicted molar refractivity (Wildman–Crippen MR) is 151 cm³/mol. The van der Waals surface area contributed by atoms with E-state index in [1.165, 1.54) is 61.6 Å². The number of rotatable bonds is 3. The highest BCUT2D eigenvalue weighted by atomic mass is 15.2. The van der Waals surface area contributed by atoms with Gasteiger partial charge in [0.05, 0.1) is 16.8 Å². The van der Waals surface area contributed by atoms with E-state index in [0.717, 1.165) is 12.8 Å². The lowest BCUT2D eigenvalue weighted by Crippen LogP contribution is -2.36. The minimum Gasteiger partial charge on any atom is -0.310 e. The van der Waals surface area contributed by atoms with Gasteiger partial charge in [0.1, 0.15) is 0 Å². The van der Waals surface area contributed by atoms with Crippen molar-refractivity contribution in [2.24, 2.45) is 0 Å². The van der Waals surface area contributed by atoms with E-state index in [2.05, 4.69) is 134 Å². The van der Waals surface area contributed by atoms with Crippen LogP contribution < -0.4 is 4.90 Å². The second-order valence-electron chi connectivity index (χ2n) is 10.1. The Morgan fingerprint density at radius 2 is 1.17 bits per heavy atom. The average Bonchev–Trinajstić information content (AvgIpc) is 3.19. The fourth-order valence-electron chi connectivity index (χ4n) is 6.61. The molecule has 0 fully saturated rings. The normalized spacial score (nSPS) is 14.2. The van der Waals surface area contributed by atoms with Crippen LogP contribution in [0.1, 0.15) is 46.7 Å². The molecule has 0 aromatic heterocycles. The van der Waals surface area contributed by atoms with Gasteiger partial charge < -0.3 is 4.90 Å². The lowest BCUT2D eigenvalue weighted by molar-refractivity contribution is 0.749. The molecule has 0 N–H and O–H groups in total. The molecule has 1 heterocycles. The van der Waals surface area contributed by atoms with Crippen LogP contribution in [-0.4, -0.2) is 0 Å². The molecule has 1 heteroatoms. The number of para-hydroxylation sites is 3. The molecule has 0 amide bonds. The molecule has 2 aliphatic rings. The fourth-order valence-corrected chi connectivity index (χ4v) is 6.61. The molecule has 0 bridgehead atoms. The van der Waals surface area contributed by atoms with E-state index < -0.39 is 0 Å². The Morgan fingerprint density at radius 3 is 1.83 bits per heavy atom. The standard InChI is InChI=1S/C35H29N/c1-3-11-25-19-21-28-27-20-18-24(2)22-31(27)35(32(28)23-25)29-14-7-9-16-33(29)36(26-12-5-4-6-13-26)34-17-10-8-15-30(34)35/h4-10,12-23H,3,11H2,1-2H3. The van der Waals surface area contributed by atoms with Gasteiger partial charge in [0, 0.05) is 5.69 Å². The fraction of sp³-hybridized carbons (Fsp3) is 0.143. The summed E-state index contributed by atoms with van der Waals surface area (Å²) in [6.07, 6.45) is 2.24. The maximum absolute atomic E-state index is 2.50. The van der Waals surface area contributed by atoms with Crippen molar-refractivity contribution in [3.8, 4) is 11.1 Å². The molecule has 1 aliphatic carbocycles. The van der Waals surface area contributed by atoms with Crippen LogP contribution in [0.25, 0.3) is 11.1 Å². The van der Waals surface area contributed by atoms with Crippen LogP contribution in [0, 0.1) is 6.92 Å². The van der Waals surface area contributed by atoms with Gasteiger partial charge in [-0.1, -0.05) is 110 Å². The first-order valence-corrected chi connectivity index (χ1v) is 13.0. The summed E-state index contributed by atoms with van der Waals surface area (Å²) in [5, 5.41) is 0. The number of aryl methyl sites for hydroxylation is 2. The van der Waals surface area contributed by atoms with Crippen molar-refractivity contribution in [2.75, 3.05) is 4.90 Å². The molecular formula is C35H29N. The lowest BCUT2D eigenvalue weighted by atomic mass is 9.64. The van der Waals surface area contributed by atoms with Crippen LogP contribution in [0.2, 0.25) is 0 Å². The van der Waals surface area contributed by atoms with Crippen LogP contribution in [-0.2, 0) is 11.8 Å². The molecule has 5 aromatic carbocycles. The van der Waals surface area contributed by atoms with E-state index in [4.69, 9.17) is 0 Å². The van der Waals surface area contributed by atoms with Crippen LogP contribution >= 0.6 is 0 Å². The molecular weight excluding hydrogens is 434 g/mol. The Hall–Kier alpha value is -4.10. The number of hydrogen-bond acceptors (Lipinski definition) is 1. The maximum Gasteiger partial charge on any atom is 0.0754 e. The summed E-state index contributed by atoms with van der Waals surface area (Å²) < 4.78 is 0. The van der Waals surface area contributed by atoms with Crippen molar-refractivity contribution in [1.82, 2.24) is 0 Å². The second-order valence-corrected chi connectivity index (χ2v) is 10.1. The zero-order chi connectivity index (χ0) is 24.3. The maximum atomic E-state index is 2.50. The monoisotopic (exact) mass is 463 g/mol. The zero-order valence-electron chi connectivity index (χ0n) is 20.8. The minimum absolute atomic E-state index is 0.348. The smallest absolute Gasteiger partial charge is 0.0754 e. The van der Waals surface area contributed by atoms with Gasteiger partial charge in [-0.05, 0) is 76.6 Å². The SMILES string of the molecule is CCCc1ccc2c(c1)C1(c3cc(C)ccc3-2)c2ccccc2N(c2ccccc2)c2ccccc21. The topological polar surface area (TPSA) is 3.24 Å². The third-order valence-corrected chi connectivity index (χ3v) is 8.01. The van der Waals surface area contributed by atoms with Crippen LogP contribution in [0.4, 0.5) is 17.1 Å². The minimum atomic E-state index is -0.348. The highest BCUT2D eigenvalue weighted by molar-refractivity contribution is 5.95. The third-order valence-electron chi connectivity index (χ3n) is 8.01. The second kappa shape index (κ2) is 7.96. The molecule has 0 radical (unpaired) electrons. The molecule has 1 spiro atoms. The van der Waals surface area contributed by atoms with Crippen molar-refractivity contribution in [1.29, 1.82) is 0 Å². The molecule has 0 unspecified atom stereocenters. The Kier molecular flexibility index (Phi) is 4.69. The summed E-state index contributed by atoms with van der Waals surface area (Å²) in [5.41, 5.74) is 14.3. The van der Waals surface area contributed by atoms with Crippen LogP contribution in [0.3, 0.4) is 0 Å². The van der Waals surface area contributed by atoms with E-state index in [-0.39, 0.29) is 5.41 Å². The Morgan fingerprint density at radius 1 is 0.583 bits per heavy atom. The Balaban J connectivity index is 1.65. The summed E-state index contributed by atoms with van der Waals surface area (Å²) >= 11 is 0. The first kappa shape index (κ1) is 21.2. The van der Waals surface area contributed by atoms with Gasteiger partial charge in [0.15, 0.2) is 0 Å². The summed E-state index contributed by atoms with van der Waals surface area (Å²) in [4.78, 5) is 2.44. The zero-order valence-corrected chi connectivity index (χ0v) is 20.8. The molecule has 5 aromatic rings. The third kappa shape index (κ3) is 2.77. The van der Waals surface area contributed by atoms with E-state index in [1.54, 1.807) is 0 Å². The van der Waals surface area contributed by atoms with Gasteiger partial charge in [0.2, 0.25) is 0 Å². The van der Waals surface area contributed by atoms with Gasteiger partial charge in [-0.25, -0.2) is 0 Å². The van der Waals surface area contributed by atoms with Gasteiger partial charge >= 0.3 is 0 Å². The van der Waals surface area contributed by atoms with E-state index in [1.807, 2.05) is 0 Å². The van der Waals surface area contributed by atoms with Gasteiger partial charge in [-0.15, -0.1) is 0 Å². The molecule has 7 rings (SSSR count). The highest BCUT2D eigenvalue weighted by Gasteiger charge is 2.51. The van der Waals surface area contributed by atoms with Crippen molar-refractivity contribution < 1.29 is 0 Å². The van der Waals surface area contributed by atoms with Gasteiger partial charge in [-0.3, -0.25) is 0 Å². The molecule has 0 saturated heterocycles. The molecule has 0 atom stereocenters. The highest BCUT2D eigenvalue weighted by Crippen LogP contribution is 2.63. The van der Waals surface area contributed by atoms with Crippen molar-refractivity contribution in [3.05, 3.63) is 149 Å². The van der Waals surface area contributed by atoms with Gasteiger partial charge in [-0.2, -0.15) is 0 Å².